The third-order valence-electron chi connectivity index (χ3n) is 3.46. The smallest absolute Gasteiger partial charge is 0.150 e. The highest BCUT2D eigenvalue weighted by Crippen LogP contribution is 2.18. The summed E-state index contributed by atoms with van der Waals surface area (Å²) in [6.45, 7) is 5.12. The molecule has 1 fully saturated rings. The fraction of sp³-hybridized carbons (Fsp3) is 0.917. The number of rotatable bonds is 6. The van der Waals surface area contributed by atoms with Gasteiger partial charge in [-0.15, -0.1) is 0 Å². The first-order valence-corrected chi connectivity index (χ1v) is 6.00. The van der Waals surface area contributed by atoms with Gasteiger partial charge in [0.2, 0.25) is 0 Å². The summed E-state index contributed by atoms with van der Waals surface area (Å²) in [5, 5.41) is 3.24. The second kappa shape index (κ2) is 6.23. The largest absolute Gasteiger partial charge is 0.380 e. The summed E-state index contributed by atoms with van der Waals surface area (Å²) in [6, 6.07) is 0.0375. The van der Waals surface area contributed by atoms with Gasteiger partial charge in [-0.25, -0.2) is 0 Å². The molecule has 0 bridgehead atoms. The van der Waals surface area contributed by atoms with Crippen LogP contribution in [0.3, 0.4) is 0 Å². The molecule has 0 spiro atoms. The molecule has 0 radical (unpaired) electrons. The van der Waals surface area contributed by atoms with E-state index in [1.54, 1.807) is 7.11 Å². The maximum absolute atomic E-state index is 11.9. The fourth-order valence-electron chi connectivity index (χ4n) is 2.13. The van der Waals surface area contributed by atoms with E-state index in [4.69, 9.17) is 4.74 Å². The summed E-state index contributed by atoms with van der Waals surface area (Å²) in [5.41, 5.74) is 0. The summed E-state index contributed by atoms with van der Waals surface area (Å²) in [6.07, 6.45) is 3.99. The van der Waals surface area contributed by atoms with Crippen LogP contribution >= 0.6 is 0 Å². The molecule has 1 rings (SSSR count). The average Bonchev–Trinajstić information content (AvgIpc) is 2.74. The van der Waals surface area contributed by atoms with Crippen molar-refractivity contribution in [2.45, 2.75) is 51.7 Å². The van der Waals surface area contributed by atoms with Gasteiger partial charge in [0.1, 0.15) is 5.78 Å². The summed E-state index contributed by atoms with van der Waals surface area (Å²) < 4.78 is 5.23. The Morgan fingerprint density at radius 2 is 2.13 bits per heavy atom. The van der Waals surface area contributed by atoms with Crippen LogP contribution in [-0.2, 0) is 9.53 Å². The second-order valence-electron chi connectivity index (χ2n) is 4.41. The number of Topliss-reactive ketones (excluding diaryl/α,β-unsaturated/α-hetero) is 1. The molecule has 0 aromatic rings. The third-order valence-corrected chi connectivity index (χ3v) is 3.46. The van der Waals surface area contributed by atoms with Gasteiger partial charge in [-0.2, -0.15) is 0 Å². The number of carbonyl (C=O) groups is 1. The van der Waals surface area contributed by atoms with Gasteiger partial charge in [-0.3, -0.25) is 4.79 Å². The van der Waals surface area contributed by atoms with E-state index in [2.05, 4.69) is 19.2 Å². The lowest BCUT2D eigenvalue weighted by molar-refractivity contribution is -0.121. The lowest BCUT2D eigenvalue weighted by Gasteiger charge is -2.14. The highest BCUT2D eigenvalue weighted by atomic mass is 16.5. The number of methoxy groups -OCH3 is 1. The van der Waals surface area contributed by atoms with Gasteiger partial charge in [-0.1, -0.05) is 26.7 Å². The first-order chi connectivity index (χ1) is 7.21. The minimum atomic E-state index is 0.0375. The highest BCUT2D eigenvalue weighted by molar-refractivity contribution is 5.84. The van der Waals surface area contributed by atoms with Crippen LogP contribution in [0.25, 0.3) is 0 Å². The van der Waals surface area contributed by atoms with E-state index in [9.17, 15) is 4.79 Å². The van der Waals surface area contributed by atoms with Gasteiger partial charge in [0.25, 0.3) is 0 Å². The molecule has 2 unspecified atom stereocenters. The van der Waals surface area contributed by atoms with E-state index in [1.165, 1.54) is 0 Å². The number of hydrogen-bond donors (Lipinski definition) is 1. The van der Waals surface area contributed by atoms with Crippen molar-refractivity contribution in [3.8, 4) is 0 Å². The average molecular weight is 213 g/mol. The fourth-order valence-corrected chi connectivity index (χ4v) is 2.13. The highest BCUT2D eigenvalue weighted by Gasteiger charge is 2.29. The van der Waals surface area contributed by atoms with E-state index < -0.39 is 0 Å². The Bertz CT molecular complexity index is 202. The molecule has 0 amide bonds. The standard InChI is InChI=1S/C12H23NO2/c1-4-9(5-2)6-12(14)11-7-10(15-3)8-13-11/h9-11,13H,4-8H2,1-3H3. The van der Waals surface area contributed by atoms with Crippen LogP contribution in [0.15, 0.2) is 0 Å². The molecule has 3 nitrogen and oxygen atoms in total. The van der Waals surface area contributed by atoms with E-state index >= 15 is 0 Å². The second-order valence-corrected chi connectivity index (χ2v) is 4.41. The number of hydrogen-bond acceptors (Lipinski definition) is 3. The van der Waals surface area contributed by atoms with Crippen LogP contribution in [0, 0.1) is 5.92 Å². The van der Waals surface area contributed by atoms with Crippen molar-refractivity contribution in [2.75, 3.05) is 13.7 Å². The topological polar surface area (TPSA) is 38.3 Å². The maximum atomic E-state index is 11.9. The quantitative estimate of drug-likeness (QED) is 0.730. The van der Waals surface area contributed by atoms with Crippen molar-refractivity contribution < 1.29 is 9.53 Å². The Morgan fingerprint density at radius 3 is 2.60 bits per heavy atom. The minimum Gasteiger partial charge on any atom is -0.380 e. The summed E-state index contributed by atoms with van der Waals surface area (Å²) in [5.74, 6) is 0.921. The Balaban J connectivity index is 2.34. The molecule has 2 atom stereocenters. The van der Waals surface area contributed by atoms with Crippen molar-refractivity contribution >= 4 is 5.78 Å². The van der Waals surface area contributed by atoms with Crippen LogP contribution in [0.2, 0.25) is 0 Å². The maximum Gasteiger partial charge on any atom is 0.150 e. The van der Waals surface area contributed by atoms with Gasteiger partial charge in [0, 0.05) is 20.1 Å². The van der Waals surface area contributed by atoms with Gasteiger partial charge >= 0.3 is 0 Å². The molecule has 15 heavy (non-hydrogen) atoms. The molecule has 1 aliphatic rings. The van der Waals surface area contributed by atoms with Crippen molar-refractivity contribution in [1.29, 1.82) is 0 Å². The first-order valence-electron chi connectivity index (χ1n) is 6.00. The molecule has 3 heteroatoms. The van der Waals surface area contributed by atoms with Crippen LogP contribution < -0.4 is 5.32 Å². The van der Waals surface area contributed by atoms with Crippen LogP contribution in [0.4, 0.5) is 0 Å². The van der Waals surface area contributed by atoms with Gasteiger partial charge < -0.3 is 10.1 Å². The molecule has 0 aromatic heterocycles. The zero-order valence-electron chi connectivity index (χ0n) is 10.1. The monoisotopic (exact) mass is 213 g/mol. The van der Waals surface area contributed by atoms with E-state index in [0.29, 0.717) is 11.7 Å². The van der Waals surface area contributed by atoms with Crippen molar-refractivity contribution in [1.82, 2.24) is 5.32 Å². The van der Waals surface area contributed by atoms with Gasteiger partial charge in [0.15, 0.2) is 0 Å². The molecule has 1 N–H and O–H groups in total. The molecule has 1 aliphatic heterocycles. The Hall–Kier alpha value is -0.410. The van der Waals surface area contributed by atoms with E-state index in [0.717, 1.165) is 32.2 Å². The lowest BCUT2D eigenvalue weighted by atomic mass is 9.93. The van der Waals surface area contributed by atoms with Crippen molar-refractivity contribution in [3.05, 3.63) is 0 Å². The van der Waals surface area contributed by atoms with E-state index in [1.807, 2.05) is 0 Å². The van der Waals surface area contributed by atoms with Crippen molar-refractivity contribution in [2.24, 2.45) is 5.92 Å². The molecule has 0 aromatic carbocycles. The zero-order valence-corrected chi connectivity index (χ0v) is 10.1. The molecule has 0 saturated carbocycles. The van der Waals surface area contributed by atoms with Crippen molar-refractivity contribution in [3.63, 3.8) is 0 Å². The lowest BCUT2D eigenvalue weighted by Crippen LogP contribution is -2.31. The summed E-state index contributed by atoms with van der Waals surface area (Å²) in [7, 11) is 1.71. The number of nitrogens with one attached hydrogen (secondary N) is 1. The molecule has 1 saturated heterocycles. The molecular weight excluding hydrogens is 190 g/mol. The number of ketones is 1. The SMILES string of the molecule is CCC(CC)CC(=O)C1CC(OC)CN1. The molecular formula is C12H23NO2. The van der Waals surface area contributed by atoms with Crippen LogP contribution in [-0.4, -0.2) is 31.6 Å². The zero-order chi connectivity index (χ0) is 11.3. The summed E-state index contributed by atoms with van der Waals surface area (Å²) >= 11 is 0. The Kier molecular flexibility index (Phi) is 5.26. The Morgan fingerprint density at radius 1 is 1.47 bits per heavy atom. The van der Waals surface area contributed by atoms with Gasteiger partial charge in [-0.05, 0) is 12.3 Å². The molecule has 1 heterocycles. The molecule has 88 valence electrons. The number of carbonyl (C=O) groups excluding carboxylic acids is 1. The predicted molar refractivity (Wildman–Crippen MR) is 60.9 cm³/mol. The Labute approximate surface area is 92.6 Å². The first kappa shape index (κ1) is 12.7. The molecule has 0 aliphatic carbocycles. The minimum absolute atomic E-state index is 0.0375. The normalized spacial score (nSPS) is 26.1. The third kappa shape index (κ3) is 3.58. The van der Waals surface area contributed by atoms with E-state index in [-0.39, 0.29) is 12.1 Å². The number of ether oxygens (including phenoxy) is 1. The van der Waals surface area contributed by atoms with Crippen LogP contribution in [0.5, 0.6) is 0 Å². The predicted octanol–water partition coefficient (Wildman–Crippen LogP) is 1.76. The summed E-state index contributed by atoms with van der Waals surface area (Å²) in [4.78, 5) is 11.9. The van der Waals surface area contributed by atoms with Crippen LogP contribution in [0.1, 0.15) is 39.5 Å². The van der Waals surface area contributed by atoms with Gasteiger partial charge in [0.05, 0.1) is 12.1 Å².